The molecule has 2 heterocycles. The molecule has 3 rings (SSSR count). The van der Waals surface area contributed by atoms with E-state index in [0.29, 0.717) is 29.4 Å². The van der Waals surface area contributed by atoms with Gasteiger partial charge in [-0.1, -0.05) is 23.7 Å². The van der Waals surface area contributed by atoms with Crippen LogP contribution in [0.3, 0.4) is 0 Å². The Kier molecular flexibility index (Phi) is 5.41. The largest absolute Gasteiger partial charge is 0.370 e. The molecule has 4 N–H and O–H groups in total. The van der Waals surface area contributed by atoms with E-state index in [-0.39, 0.29) is 12.3 Å². The highest BCUT2D eigenvalue weighted by Crippen LogP contribution is 2.32. The van der Waals surface area contributed by atoms with Crippen LogP contribution in [0.4, 0.5) is 0 Å². The van der Waals surface area contributed by atoms with E-state index < -0.39 is 11.9 Å². The van der Waals surface area contributed by atoms with Gasteiger partial charge in [0, 0.05) is 23.5 Å². The number of halogens is 1. The number of rotatable bonds is 6. The number of piperidine rings is 1. The molecule has 1 aromatic carbocycles. The summed E-state index contributed by atoms with van der Waals surface area (Å²) in [6.45, 7) is 0. The molecule has 0 aromatic heterocycles. The molecule has 24 heavy (non-hydrogen) atoms. The van der Waals surface area contributed by atoms with Gasteiger partial charge in [-0.25, -0.2) is 0 Å². The van der Waals surface area contributed by atoms with Gasteiger partial charge in [0.05, 0.1) is 12.5 Å². The minimum atomic E-state index is -0.444. The Hall–Kier alpha value is -1.59. The lowest BCUT2D eigenvalue weighted by Crippen LogP contribution is -2.40. The van der Waals surface area contributed by atoms with Crippen LogP contribution in [0.15, 0.2) is 24.3 Å². The van der Waals surface area contributed by atoms with Gasteiger partial charge in [-0.3, -0.25) is 9.59 Å². The predicted molar refractivity (Wildman–Crippen MR) is 93.4 cm³/mol. The van der Waals surface area contributed by atoms with Crippen LogP contribution >= 0.6 is 11.6 Å². The van der Waals surface area contributed by atoms with Crippen molar-refractivity contribution in [1.29, 1.82) is 0 Å². The molecule has 0 saturated carbocycles. The molecule has 6 heteroatoms. The van der Waals surface area contributed by atoms with Crippen LogP contribution in [-0.2, 0) is 9.59 Å². The van der Waals surface area contributed by atoms with E-state index in [1.54, 1.807) is 12.1 Å². The molecule has 130 valence electrons. The van der Waals surface area contributed by atoms with Crippen LogP contribution in [-0.4, -0.2) is 23.9 Å². The highest BCUT2D eigenvalue weighted by Gasteiger charge is 2.34. The van der Waals surface area contributed by atoms with Crippen molar-refractivity contribution in [1.82, 2.24) is 10.6 Å². The van der Waals surface area contributed by atoms with Gasteiger partial charge < -0.3 is 16.4 Å². The molecule has 5 nitrogen and oxygen atoms in total. The molecule has 2 fully saturated rings. The third-order valence-electron chi connectivity index (χ3n) is 5.04. The van der Waals surface area contributed by atoms with Gasteiger partial charge in [0.15, 0.2) is 0 Å². The molecular formula is C18H24ClN3O2. The molecule has 2 bridgehead atoms. The molecule has 2 aliphatic rings. The topological polar surface area (TPSA) is 84.2 Å². The van der Waals surface area contributed by atoms with E-state index >= 15 is 0 Å². The van der Waals surface area contributed by atoms with Crippen LogP contribution < -0.4 is 16.4 Å². The van der Waals surface area contributed by atoms with Gasteiger partial charge in [0.25, 0.3) is 0 Å². The fraction of sp³-hybridized carbons (Fsp3) is 0.556. The first kappa shape index (κ1) is 17.2. The van der Waals surface area contributed by atoms with Crippen LogP contribution in [0.1, 0.15) is 50.1 Å². The molecule has 2 aliphatic heterocycles. The van der Waals surface area contributed by atoms with Gasteiger partial charge in [-0.05, 0) is 49.3 Å². The first-order valence-corrected chi connectivity index (χ1v) is 8.96. The van der Waals surface area contributed by atoms with Crippen LogP contribution in [0.5, 0.6) is 0 Å². The second kappa shape index (κ2) is 7.53. The molecule has 2 unspecified atom stereocenters. The SMILES string of the molecule is NC(=O)C[C@@H](NC(=O)CC1CC2CCC(C1)N2)c1cccc(Cl)c1. The van der Waals surface area contributed by atoms with Crippen molar-refractivity contribution in [3.63, 3.8) is 0 Å². The Labute approximate surface area is 147 Å². The van der Waals surface area contributed by atoms with E-state index in [1.165, 1.54) is 12.8 Å². The number of carbonyl (C=O) groups excluding carboxylic acids is 2. The van der Waals surface area contributed by atoms with E-state index in [4.69, 9.17) is 17.3 Å². The normalized spacial score (nSPS) is 26.8. The molecule has 2 saturated heterocycles. The van der Waals surface area contributed by atoms with E-state index in [0.717, 1.165) is 18.4 Å². The van der Waals surface area contributed by atoms with Crippen molar-refractivity contribution in [2.24, 2.45) is 11.7 Å². The lowest BCUT2D eigenvalue weighted by Gasteiger charge is -2.29. The van der Waals surface area contributed by atoms with Crippen molar-refractivity contribution in [2.75, 3.05) is 0 Å². The second-order valence-corrected chi connectivity index (χ2v) is 7.46. The maximum absolute atomic E-state index is 12.5. The lowest BCUT2D eigenvalue weighted by molar-refractivity contribution is -0.123. The maximum Gasteiger partial charge on any atom is 0.220 e. The summed E-state index contributed by atoms with van der Waals surface area (Å²) in [5.41, 5.74) is 6.15. The average Bonchev–Trinajstić information content (AvgIpc) is 2.85. The number of nitrogens with two attached hydrogens (primary N) is 1. The van der Waals surface area contributed by atoms with E-state index in [9.17, 15) is 9.59 Å². The van der Waals surface area contributed by atoms with Crippen molar-refractivity contribution in [3.05, 3.63) is 34.9 Å². The number of benzene rings is 1. The number of amides is 2. The Bertz CT molecular complexity index is 610. The Morgan fingerprint density at radius 3 is 2.62 bits per heavy atom. The highest BCUT2D eigenvalue weighted by atomic mass is 35.5. The third-order valence-corrected chi connectivity index (χ3v) is 5.27. The van der Waals surface area contributed by atoms with Crippen LogP contribution in [0, 0.1) is 5.92 Å². The summed E-state index contributed by atoms with van der Waals surface area (Å²) in [7, 11) is 0. The minimum Gasteiger partial charge on any atom is -0.370 e. The highest BCUT2D eigenvalue weighted by molar-refractivity contribution is 6.30. The van der Waals surface area contributed by atoms with E-state index in [1.807, 2.05) is 12.1 Å². The summed E-state index contributed by atoms with van der Waals surface area (Å²) in [5.74, 6) is -0.0509. The molecule has 2 amide bonds. The van der Waals surface area contributed by atoms with Gasteiger partial charge in [-0.2, -0.15) is 0 Å². The number of hydrogen-bond acceptors (Lipinski definition) is 3. The molecular weight excluding hydrogens is 326 g/mol. The molecule has 1 aromatic rings. The maximum atomic E-state index is 12.5. The van der Waals surface area contributed by atoms with Gasteiger partial charge in [-0.15, -0.1) is 0 Å². The standard InChI is InChI=1S/C18H24ClN3O2/c19-13-3-1-2-12(9-13)16(10-17(20)23)22-18(24)8-11-6-14-4-5-15(7-11)21-14/h1-3,9,11,14-16,21H,4-8,10H2,(H2,20,23)(H,22,24)/t11?,14?,15?,16-/m1/s1. The Morgan fingerprint density at radius 2 is 2.00 bits per heavy atom. The number of carbonyl (C=O) groups is 2. The third kappa shape index (κ3) is 4.48. The summed E-state index contributed by atoms with van der Waals surface area (Å²) in [4.78, 5) is 23.8. The minimum absolute atomic E-state index is 0.0208. The van der Waals surface area contributed by atoms with Gasteiger partial charge in [0.1, 0.15) is 0 Å². The fourth-order valence-electron chi connectivity index (χ4n) is 4.03. The number of hydrogen-bond donors (Lipinski definition) is 3. The zero-order chi connectivity index (χ0) is 17.1. The summed E-state index contributed by atoms with van der Waals surface area (Å²) in [6, 6.07) is 7.89. The number of nitrogens with one attached hydrogen (secondary N) is 2. The smallest absolute Gasteiger partial charge is 0.220 e. The van der Waals surface area contributed by atoms with Crippen LogP contribution in [0.2, 0.25) is 5.02 Å². The summed E-state index contributed by atoms with van der Waals surface area (Å²) < 4.78 is 0. The average molecular weight is 350 g/mol. The van der Waals surface area contributed by atoms with Crippen molar-refractivity contribution in [3.8, 4) is 0 Å². The van der Waals surface area contributed by atoms with Crippen LogP contribution in [0.25, 0.3) is 0 Å². The predicted octanol–water partition coefficient (Wildman–Crippen LogP) is 2.29. The fourth-order valence-corrected chi connectivity index (χ4v) is 4.23. The van der Waals surface area contributed by atoms with E-state index in [2.05, 4.69) is 10.6 Å². The Balaban J connectivity index is 1.61. The first-order valence-electron chi connectivity index (χ1n) is 8.59. The monoisotopic (exact) mass is 349 g/mol. The zero-order valence-corrected chi connectivity index (χ0v) is 14.4. The second-order valence-electron chi connectivity index (χ2n) is 7.02. The summed E-state index contributed by atoms with van der Waals surface area (Å²) in [5, 5.41) is 7.13. The van der Waals surface area contributed by atoms with Crippen molar-refractivity contribution < 1.29 is 9.59 Å². The van der Waals surface area contributed by atoms with Crippen molar-refractivity contribution in [2.45, 2.75) is 56.7 Å². The molecule has 0 spiro atoms. The summed E-state index contributed by atoms with van der Waals surface area (Å²) in [6.07, 6.45) is 5.13. The number of primary amides is 1. The van der Waals surface area contributed by atoms with Gasteiger partial charge in [0.2, 0.25) is 11.8 Å². The zero-order valence-electron chi connectivity index (χ0n) is 13.6. The Morgan fingerprint density at radius 1 is 1.29 bits per heavy atom. The quantitative estimate of drug-likeness (QED) is 0.736. The molecule has 0 radical (unpaired) electrons. The molecule has 3 atom stereocenters. The summed E-state index contributed by atoms with van der Waals surface area (Å²) >= 11 is 6.02. The van der Waals surface area contributed by atoms with Gasteiger partial charge >= 0.3 is 0 Å². The molecule has 0 aliphatic carbocycles. The lowest BCUT2D eigenvalue weighted by atomic mass is 9.89. The first-order chi connectivity index (χ1) is 11.5. The van der Waals surface area contributed by atoms with Crippen molar-refractivity contribution >= 4 is 23.4 Å². The number of fused-ring (bicyclic) bond motifs is 2.